The number of terminal acetylenes is 1. The quantitative estimate of drug-likeness (QED) is 0.514. The maximum absolute atomic E-state index is 12.0. The molecule has 1 amide bonds. The van der Waals surface area contributed by atoms with Crippen LogP contribution < -0.4 is 5.32 Å². The standard InChI is InChI=1S/C15H10N2O4/c1-2-10-4-3-5-12(8-10)16-15(19)11-6-7-13(17(20)21)14(18)9-11/h1,3-9,18H,(H,16,19). The molecular formula is C15H10N2O4. The van der Waals surface area contributed by atoms with Crippen LogP contribution in [0.1, 0.15) is 15.9 Å². The summed E-state index contributed by atoms with van der Waals surface area (Å²) in [5.41, 5.74) is 0.748. The fourth-order valence-corrected chi connectivity index (χ4v) is 1.71. The number of amides is 1. The molecule has 2 rings (SSSR count). The van der Waals surface area contributed by atoms with Crippen LogP contribution in [-0.4, -0.2) is 15.9 Å². The third kappa shape index (κ3) is 3.16. The number of carbonyl (C=O) groups is 1. The first-order chi connectivity index (χ1) is 10.0. The molecule has 0 saturated heterocycles. The minimum absolute atomic E-state index is 0.101. The Bertz CT molecular complexity index is 763. The Hall–Kier alpha value is -3.33. The van der Waals surface area contributed by atoms with Crippen molar-refractivity contribution in [1.29, 1.82) is 0 Å². The van der Waals surface area contributed by atoms with Gasteiger partial charge in [0.05, 0.1) is 4.92 Å². The van der Waals surface area contributed by atoms with Crippen LogP contribution >= 0.6 is 0 Å². The number of nitrogens with zero attached hydrogens (tertiary/aromatic N) is 1. The van der Waals surface area contributed by atoms with E-state index in [1.54, 1.807) is 24.3 Å². The highest BCUT2D eigenvalue weighted by atomic mass is 16.6. The molecule has 2 N–H and O–H groups in total. The zero-order chi connectivity index (χ0) is 15.4. The second-order valence-electron chi connectivity index (χ2n) is 4.14. The zero-order valence-corrected chi connectivity index (χ0v) is 10.7. The molecule has 2 aromatic carbocycles. The highest BCUT2D eigenvalue weighted by Crippen LogP contribution is 2.26. The van der Waals surface area contributed by atoms with Gasteiger partial charge in [-0.3, -0.25) is 14.9 Å². The first kappa shape index (κ1) is 14.1. The summed E-state index contributed by atoms with van der Waals surface area (Å²) in [6.07, 6.45) is 5.27. The molecule has 0 unspecified atom stereocenters. The van der Waals surface area contributed by atoms with Gasteiger partial charge >= 0.3 is 5.69 Å². The van der Waals surface area contributed by atoms with Gasteiger partial charge in [-0.05, 0) is 30.3 Å². The maximum atomic E-state index is 12.0. The summed E-state index contributed by atoms with van der Waals surface area (Å²) in [5.74, 6) is 1.37. The number of rotatable bonds is 3. The van der Waals surface area contributed by atoms with E-state index in [4.69, 9.17) is 6.42 Å². The fraction of sp³-hybridized carbons (Fsp3) is 0. The summed E-state index contributed by atoms with van der Waals surface area (Å²) in [7, 11) is 0. The molecular weight excluding hydrogens is 272 g/mol. The number of nitrogens with one attached hydrogen (secondary N) is 1. The SMILES string of the molecule is C#Cc1cccc(NC(=O)c2ccc([N+](=O)[O-])c(O)c2)c1. The molecule has 0 bridgehead atoms. The molecule has 2 aromatic rings. The van der Waals surface area contributed by atoms with Gasteiger partial charge in [0, 0.05) is 22.9 Å². The highest BCUT2D eigenvalue weighted by Gasteiger charge is 2.16. The van der Waals surface area contributed by atoms with E-state index in [1.165, 1.54) is 6.07 Å². The molecule has 0 aromatic heterocycles. The Morgan fingerprint density at radius 2 is 2.05 bits per heavy atom. The number of nitro benzene ring substituents is 1. The van der Waals surface area contributed by atoms with E-state index in [1.807, 2.05) is 0 Å². The van der Waals surface area contributed by atoms with Crippen LogP contribution in [0, 0.1) is 22.5 Å². The molecule has 0 spiro atoms. The number of anilines is 1. The third-order valence-electron chi connectivity index (χ3n) is 2.72. The van der Waals surface area contributed by atoms with E-state index in [9.17, 15) is 20.0 Å². The van der Waals surface area contributed by atoms with Crippen LogP contribution in [0.4, 0.5) is 11.4 Å². The molecule has 0 fully saturated rings. The van der Waals surface area contributed by atoms with Crippen molar-refractivity contribution < 1.29 is 14.8 Å². The summed E-state index contributed by atoms with van der Waals surface area (Å²) in [4.78, 5) is 21.9. The molecule has 0 aliphatic carbocycles. The first-order valence-electron chi connectivity index (χ1n) is 5.86. The molecule has 0 saturated carbocycles. The predicted molar refractivity (Wildman–Crippen MR) is 77.1 cm³/mol. The topological polar surface area (TPSA) is 92.5 Å². The van der Waals surface area contributed by atoms with Crippen LogP contribution in [-0.2, 0) is 0 Å². The number of hydrogen-bond donors (Lipinski definition) is 2. The largest absolute Gasteiger partial charge is 0.502 e. The molecule has 0 heterocycles. The molecule has 0 aliphatic rings. The van der Waals surface area contributed by atoms with E-state index in [0.29, 0.717) is 11.3 Å². The molecule has 104 valence electrons. The van der Waals surface area contributed by atoms with Crippen LogP contribution in [0.3, 0.4) is 0 Å². The number of carbonyl (C=O) groups excluding carboxylic acids is 1. The highest BCUT2D eigenvalue weighted by molar-refractivity contribution is 6.04. The Balaban J connectivity index is 2.22. The van der Waals surface area contributed by atoms with Crippen LogP contribution in [0.2, 0.25) is 0 Å². The second-order valence-corrected chi connectivity index (χ2v) is 4.14. The van der Waals surface area contributed by atoms with E-state index < -0.39 is 22.3 Å². The Labute approximate surface area is 120 Å². The second kappa shape index (κ2) is 5.75. The number of hydrogen-bond acceptors (Lipinski definition) is 4. The van der Waals surface area contributed by atoms with Gasteiger partial charge in [0.2, 0.25) is 0 Å². The number of phenols is 1. The average molecular weight is 282 g/mol. The zero-order valence-electron chi connectivity index (χ0n) is 10.7. The first-order valence-corrected chi connectivity index (χ1v) is 5.86. The fourth-order valence-electron chi connectivity index (χ4n) is 1.71. The van der Waals surface area contributed by atoms with E-state index in [0.717, 1.165) is 12.1 Å². The van der Waals surface area contributed by atoms with Crippen molar-refractivity contribution in [2.24, 2.45) is 0 Å². The maximum Gasteiger partial charge on any atom is 0.310 e. The normalized spacial score (nSPS) is 9.67. The Kier molecular flexibility index (Phi) is 3.86. The summed E-state index contributed by atoms with van der Waals surface area (Å²) in [6.45, 7) is 0. The van der Waals surface area contributed by atoms with Crippen molar-refractivity contribution in [3.63, 3.8) is 0 Å². The van der Waals surface area contributed by atoms with Crippen molar-refractivity contribution in [3.05, 3.63) is 63.7 Å². The van der Waals surface area contributed by atoms with Gasteiger partial charge in [-0.2, -0.15) is 0 Å². The van der Waals surface area contributed by atoms with Crippen molar-refractivity contribution in [2.75, 3.05) is 5.32 Å². The van der Waals surface area contributed by atoms with Crippen molar-refractivity contribution in [3.8, 4) is 18.1 Å². The lowest BCUT2D eigenvalue weighted by Gasteiger charge is -2.06. The smallest absolute Gasteiger partial charge is 0.310 e. The molecule has 6 nitrogen and oxygen atoms in total. The Morgan fingerprint density at radius 1 is 1.29 bits per heavy atom. The van der Waals surface area contributed by atoms with Crippen molar-refractivity contribution in [1.82, 2.24) is 0 Å². The predicted octanol–water partition coefficient (Wildman–Crippen LogP) is 2.53. The minimum Gasteiger partial charge on any atom is -0.502 e. The molecule has 0 radical (unpaired) electrons. The van der Waals surface area contributed by atoms with Gasteiger partial charge in [0.25, 0.3) is 5.91 Å². The average Bonchev–Trinajstić information content (AvgIpc) is 2.46. The lowest BCUT2D eigenvalue weighted by Crippen LogP contribution is -2.12. The van der Waals surface area contributed by atoms with Crippen molar-refractivity contribution >= 4 is 17.3 Å². The number of nitro groups is 1. The van der Waals surface area contributed by atoms with Gasteiger partial charge in [-0.15, -0.1) is 6.42 Å². The summed E-state index contributed by atoms with van der Waals surface area (Å²) in [5, 5.41) is 22.7. The molecule has 21 heavy (non-hydrogen) atoms. The van der Waals surface area contributed by atoms with Crippen molar-refractivity contribution in [2.45, 2.75) is 0 Å². The number of phenolic OH excluding ortho intramolecular Hbond substituents is 1. The molecule has 0 atom stereocenters. The summed E-state index contributed by atoms with van der Waals surface area (Å²) < 4.78 is 0. The van der Waals surface area contributed by atoms with Crippen LogP contribution in [0.25, 0.3) is 0 Å². The monoisotopic (exact) mass is 282 g/mol. The third-order valence-corrected chi connectivity index (χ3v) is 2.72. The van der Waals surface area contributed by atoms with E-state index in [2.05, 4.69) is 11.2 Å². The lowest BCUT2D eigenvalue weighted by atomic mass is 10.1. The van der Waals surface area contributed by atoms with Gasteiger partial charge in [0.1, 0.15) is 0 Å². The van der Waals surface area contributed by atoms with Gasteiger partial charge < -0.3 is 10.4 Å². The van der Waals surface area contributed by atoms with Crippen LogP contribution in [0.5, 0.6) is 5.75 Å². The van der Waals surface area contributed by atoms with Gasteiger partial charge in [0.15, 0.2) is 5.75 Å². The molecule has 6 heteroatoms. The summed E-state index contributed by atoms with van der Waals surface area (Å²) >= 11 is 0. The number of aromatic hydroxyl groups is 1. The summed E-state index contributed by atoms with van der Waals surface area (Å²) in [6, 6.07) is 10.1. The minimum atomic E-state index is -0.729. The van der Waals surface area contributed by atoms with Crippen LogP contribution in [0.15, 0.2) is 42.5 Å². The van der Waals surface area contributed by atoms with Gasteiger partial charge in [-0.1, -0.05) is 12.0 Å². The van der Waals surface area contributed by atoms with E-state index >= 15 is 0 Å². The Morgan fingerprint density at radius 3 is 2.67 bits per heavy atom. The molecule has 0 aliphatic heterocycles. The lowest BCUT2D eigenvalue weighted by molar-refractivity contribution is -0.385. The van der Waals surface area contributed by atoms with E-state index in [-0.39, 0.29) is 5.56 Å². The van der Waals surface area contributed by atoms with Gasteiger partial charge in [-0.25, -0.2) is 0 Å². The number of benzene rings is 2.